The number of amides is 2. The third-order valence-corrected chi connectivity index (χ3v) is 3.72. The van der Waals surface area contributed by atoms with Crippen molar-refractivity contribution in [3.63, 3.8) is 0 Å². The Morgan fingerprint density at radius 1 is 1.24 bits per heavy atom. The van der Waals surface area contributed by atoms with Gasteiger partial charge in [-0.15, -0.1) is 0 Å². The second-order valence-electron chi connectivity index (χ2n) is 5.60. The van der Waals surface area contributed by atoms with Crippen LogP contribution in [0.1, 0.15) is 32.4 Å². The van der Waals surface area contributed by atoms with Crippen LogP contribution < -0.4 is 5.32 Å². The molecule has 0 bridgehead atoms. The van der Waals surface area contributed by atoms with Gasteiger partial charge < -0.3 is 10.2 Å². The van der Waals surface area contributed by atoms with Gasteiger partial charge in [0, 0.05) is 6.54 Å². The number of allylic oxidation sites excluding steroid dienone is 1. The molecule has 21 heavy (non-hydrogen) atoms. The fourth-order valence-electron chi connectivity index (χ4n) is 2.69. The number of nitrogens with one attached hydrogen (secondary N) is 1. The third kappa shape index (κ3) is 3.15. The Kier molecular flexibility index (Phi) is 4.78. The molecule has 1 saturated heterocycles. The Balaban J connectivity index is 2.33. The first-order chi connectivity index (χ1) is 10.1. The quantitative estimate of drug-likeness (QED) is 0.863. The molecular weight excluding hydrogens is 264 g/mol. The van der Waals surface area contributed by atoms with Crippen LogP contribution in [0.25, 0.3) is 0 Å². The highest BCUT2D eigenvalue weighted by atomic mass is 16.2. The molecule has 112 valence electrons. The van der Waals surface area contributed by atoms with Crippen LogP contribution in [0, 0.1) is 5.92 Å². The van der Waals surface area contributed by atoms with Crippen molar-refractivity contribution < 1.29 is 9.59 Å². The first kappa shape index (κ1) is 15.3. The van der Waals surface area contributed by atoms with Crippen molar-refractivity contribution in [2.45, 2.75) is 32.9 Å². The van der Waals surface area contributed by atoms with Crippen molar-refractivity contribution in [1.82, 2.24) is 10.2 Å². The Morgan fingerprint density at radius 2 is 1.90 bits per heavy atom. The second kappa shape index (κ2) is 6.57. The number of rotatable bonds is 4. The van der Waals surface area contributed by atoms with Gasteiger partial charge in [-0.1, -0.05) is 56.3 Å². The highest BCUT2D eigenvalue weighted by Gasteiger charge is 2.41. The predicted octanol–water partition coefficient (Wildman–Crippen LogP) is 2.29. The zero-order valence-corrected chi connectivity index (χ0v) is 12.7. The fourth-order valence-corrected chi connectivity index (χ4v) is 2.69. The maximum absolute atomic E-state index is 12.8. The lowest BCUT2D eigenvalue weighted by molar-refractivity contribution is -0.150. The maximum atomic E-state index is 12.8. The summed E-state index contributed by atoms with van der Waals surface area (Å²) < 4.78 is 0. The summed E-state index contributed by atoms with van der Waals surface area (Å²) in [7, 11) is 0. The van der Waals surface area contributed by atoms with E-state index in [9.17, 15) is 9.59 Å². The molecule has 0 aromatic heterocycles. The standard InChI is InChI=1S/C17H22N2O2/c1-4-5-11-19-15(12(2)3)16(20)18-14(17(19)21)13-9-7-6-8-10-13/h4-10,12,14-15H,11H2,1-3H3,(H,18,20)/b5-4+. The number of carbonyl (C=O) groups is 2. The highest BCUT2D eigenvalue weighted by Crippen LogP contribution is 2.25. The Hall–Kier alpha value is -2.10. The molecule has 1 aromatic carbocycles. The van der Waals surface area contributed by atoms with Crippen molar-refractivity contribution in [3.8, 4) is 0 Å². The zero-order valence-electron chi connectivity index (χ0n) is 12.7. The molecule has 1 fully saturated rings. The van der Waals surface area contributed by atoms with Gasteiger partial charge in [-0.3, -0.25) is 9.59 Å². The molecule has 2 rings (SSSR count). The molecule has 2 unspecified atom stereocenters. The van der Waals surface area contributed by atoms with E-state index in [1.807, 2.05) is 63.3 Å². The van der Waals surface area contributed by atoms with E-state index in [0.717, 1.165) is 5.56 Å². The number of nitrogens with zero attached hydrogens (tertiary/aromatic N) is 1. The van der Waals surface area contributed by atoms with Crippen LogP contribution in [-0.4, -0.2) is 29.3 Å². The van der Waals surface area contributed by atoms with Crippen LogP contribution >= 0.6 is 0 Å². The normalized spacial score (nSPS) is 23.0. The summed E-state index contributed by atoms with van der Waals surface area (Å²) in [6, 6.07) is 8.39. The molecular formula is C17H22N2O2. The summed E-state index contributed by atoms with van der Waals surface area (Å²) in [4.78, 5) is 26.9. The zero-order chi connectivity index (χ0) is 15.4. The topological polar surface area (TPSA) is 49.4 Å². The molecule has 1 aromatic rings. The number of piperazine rings is 1. The molecule has 2 amide bonds. The molecule has 2 atom stereocenters. The molecule has 1 aliphatic heterocycles. The van der Waals surface area contributed by atoms with Gasteiger partial charge in [0.25, 0.3) is 5.91 Å². The highest BCUT2D eigenvalue weighted by molar-refractivity contribution is 5.97. The lowest BCUT2D eigenvalue weighted by Crippen LogP contribution is -2.61. The van der Waals surface area contributed by atoms with Gasteiger partial charge in [-0.25, -0.2) is 0 Å². The van der Waals surface area contributed by atoms with Crippen molar-refractivity contribution in [3.05, 3.63) is 48.0 Å². The van der Waals surface area contributed by atoms with E-state index in [-0.39, 0.29) is 17.7 Å². The van der Waals surface area contributed by atoms with Crippen LogP contribution in [0.15, 0.2) is 42.5 Å². The molecule has 1 heterocycles. The average Bonchev–Trinajstić information content (AvgIpc) is 2.48. The Labute approximate surface area is 125 Å². The van der Waals surface area contributed by atoms with Crippen LogP contribution in [0.2, 0.25) is 0 Å². The average molecular weight is 286 g/mol. The lowest BCUT2D eigenvalue weighted by atomic mass is 9.94. The summed E-state index contributed by atoms with van der Waals surface area (Å²) in [5.74, 6) is -0.0449. The molecule has 4 nitrogen and oxygen atoms in total. The van der Waals surface area contributed by atoms with Gasteiger partial charge in [0.2, 0.25) is 5.91 Å². The van der Waals surface area contributed by atoms with Crippen LogP contribution in [-0.2, 0) is 9.59 Å². The van der Waals surface area contributed by atoms with Gasteiger partial charge in [0.15, 0.2) is 0 Å². The molecule has 1 N–H and O–H groups in total. The largest absolute Gasteiger partial charge is 0.339 e. The number of carbonyl (C=O) groups excluding carboxylic acids is 2. The first-order valence-corrected chi connectivity index (χ1v) is 7.33. The summed E-state index contributed by atoms with van der Waals surface area (Å²) in [6.07, 6.45) is 3.81. The Bertz CT molecular complexity index is 537. The SMILES string of the molecule is C/C=C/CN1C(=O)C(c2ccccc2)NC(=O)C1C(C)C. The van der Waals surface area contributed by atoms with Crippen molar-refractivity contribution >= 4 is 11.8 Å². The smallest absolute Gasteiger partial charge is 0.250 e. The monoisotopic (exact) mass is 286 g/mol. The van der Waals surface area contributed by atoms with E-state index in [1.165, 1.54) is 0 Å². The van der Waals surface area contributed by atoms with Crippen LogP contribution in [0.5, 0.6) is 0 Å². The minimum absolute atomic E-state index is 0.0439. The predicted molar refractivity (Wildman–Crippen MR) is 82.5 cm³/mol. The number of benzene rings is 1. The van der Waals surface area contributed by atoms with E-state index in [4.69, 9.17) is 0 Å². The second-order valence-corrected chi connectivity index (χ2v) is 5.60. The van der Waals surface area contributed by atoms with Crippen molar-refractivity contribution in [2.24, 2.45) is 5.92 Å². The Morgan fingerprint density at radius 3 is 2.48 bits per heavy atom. The summed E-state index contributed by atoms with van der Waals surface area (Å²) in [6.45, 7) is 6.30. The fraction of sp³-hybridized carbons (Fsp3) is 0.412. The van der Waals surface area contributed by atoms with Crippen LogP contribution in [0.3, 0.4) is 0 Å². The van der Waals surface area contributed by atoms with Gasteiger partial charge >= 0.3 is 0 Å². The number of hydrogen-bond donors (Lipinski definition) is 1. The minimum atomic E-state index is -0.584. The lowest BCUT2D eigenvalue weighted by Gasteiger charge is -2.40. The summed E-state index contributed by atoms with van der Waals surface area (Å²) >= 11 is 0. The van der Waals surface area contributed by atoms with Crippen molar-refractivity contribution in [1.29, 1.82) is 0 Å². The van der Waals surface area contributed by atoms with E-state index >= 15 is 0 Å². The van der Waals surface area contributed by atoms with E-state index in [2.05, 4.69) is 5.32 Å². The van der Waals surface area contributed by atoms with E-state index < -0.39 is 12.1 Å². The van der Waals surface area contributed by atoms with Crippen LogP contribution in [0.4, 0.5) is 0 Å². The van der Waals surface area contributed by atoms with Gasteiger partial charge in [0.1, 0.15) is 12.1 Å². The first-order valence-electron chi connectivity index (χ1n) is 7.33. The molecule has 0 saturated carbocycles. The van der Waals surface area contributed by atoms with Crippen molar-refractivity contribution in [2.75, 3.05) is 6.54 Å². The van der Waals surface area contributed by atoms with Gasteiger partial charge in [-0.2, -0.15) is 0 Å². The molecule has 0 spiro atoms. The maximum Gasteiger partial charge on any atom is 0.250 e. The number of hydrogen-bond acceptors (Lipinski definition) is 2. The minimum Gasteiger partial charge on any atom is -0.339 e. The molecule has 0 radical (unpaired) electrons. The molecule has 4 heteroatoms. The van der Waals surface area contributed by atoms with E-state index in [0.29, 0.717) is 6.54 Å². The summed E-state index contributed by atoms with van der Waals surface area (Å²) in [5, 5.41) is 2.87. The molecule has 0 aliphatic carbocycles. The van der Waals surface area contributed by atoms with Gasteiger partial charge in [-0.05, 0) is 18.4 Å². The van der Waals surface area contributed by atoms with Gasteiger partial charge in [0.05, 0.1) is 0 Å². The molecule has 1 aliphatic rings. The summed E-state index contributed by atoms with van der Waals surface area (Å²) in [5.41, 5.74) is 0.823. The van der Waals surface area contributed by atoms with E-state index in [1.54, 1.807) is 4.90 Å². The third-order valence-electron chi connectivity index (χ3n) is 3.72.